The number of fused-ring (bicyclic) bond motifs is 2. The molecule has 4 aromatic carbocycles. The molecule has 0 amide bonds. The van der Waals surface area contributed by atoms with Gasteiger partial charge >= 0.3 is 24.7 Å². The Balaban J connectivity index is 0.000000241. The third kappa shape index (κ3) is 10.7. The summed E-state index contributed by atoms with van der Waals surface area (Å²) >= 11 is 11.0. The third-order valence-electron chi connectivity index (χ3n) is 11.0. The molecule has 350 valence electrons. The first-order valence-electron chi connectivity index (χ1n) is 19.0. The highest BCUT2D eigenvalue weighted by Crippen LogP contribution is 2.49. The van der Waals surface area contributed by atoms with Crippen molar-refractivity contribution in [1.82, 2.24) is 0 Å². The van der Waals surface area contributed by atoms with E-state index in [1.54, 1.807) is 36.4 Å². The molecule has 5 aromatic rings. The highest BCUT2D eigenvalue weighted by Gasteiger charge is 2.58. The maximum atomic E-state index is 14.4. The summed E-state index contributed by atoms with van der Waals surface area (Å²) in [5.74, 6) is -2.47. The van der Waals surface area contributed by atoms with E-state index < -0.39 is 116 Å². The Labute approximate surface area is 366 Å². The van der Waals surface area contributed by atoms with Gasteiger partial charge < -0.3 is 19.4 Å². The van der Waals surface area contributed by atoms with Gasteiger partial charge in [-0.15, -0.1) is 0 Å². The van der Waals surface area contributed by atoms with Crippen LogP contribution in [0.2, 0.25) is 10.0 Å². The van der Waals surface area contributed by atoms with Crippen LogP contribution in [0.15, 0.2) is 77.4 Å². The molecule has 2 heterocycles. The van der Waals surface area contributed by atoms with Crippen LogP contribution < -0.4 is 4.74 Å². The second-order valence-electron chi connectivity index (χ2n) is 16.9. The summed E-state index contributed by atoms with van der Waals surface area (Å²) in [7, 11) is 0. The molecule has 4 nitrogen and oxygen atoms in total. The van der Waals surface area contributed by atoms with Crippen molar-refractivity contribution in [3.05, 3.63) is 134 Å². The number of alkyl halides is 12. The first-order valence-corrected chi connectivity index (χ1v) is 19.8. The van der Waals surface area contributed by atoms with Gasteiger partial charge in [0.1, 0.15) is 23.0 Å². The Morgan fingerprint density at radius 2 is 1.03 bits per heavy atom. The lowest BCUT2D eigenvalue weighted by Gasteiger charge is -2.38. The average molecular weight is 968 g/mol. The number of benzene rings is 4. The van der Waals surface area contributed by atoms with Gasteiger partial charge in [0.05, 0.1) is 34.0 Å². The second kappa shape index (κ2) is 17.5. The van der Waals surface area contributed by atoms with Crippen molar-refractivity contribution in [2.75, 3.05) is 6.61 Å². The summed E-state index contributed by atoms with van der Waals surface area (Å²) in [6.07, 6.45) is -23.3. The fraction of sp³-hybridized carbons (Fsp3) is 0.409. The maximum Gasteiger partial charge on any atom is 0.417 e. The molecule has 0 spiro atoms. The highest BCUT2D eigenvalue weighted by molar-refractivity contribution is 6.31. The van der Waals surface area contributed by atoms with Crippen molar-refractivity contribution in [3.63, 3.8) is 0 Å². The molecule has 1 aliphatic heterocycles. The number of ether oxygens (including phenoxy) is 1. The molecule has 1 aliphatic rings. The number of aliphatic hydroxyl groups is 2. The zero-order valence-electron chi connectivity index (χ0n) is 33.9. The molecular formula is C44H38Cl2F14O4. The molecule has 0 saturated carbocycles. The number of rotatable bonds is 10. The normalized spacial score (nSPS) is 15.8. The number of furan rings is 1. The summed E-state index contributed by atoms with van der Waals surface area (Å²) in [6, 6.07) is 12.5. The summed E-state index contributed by atoms with van der Waals surface area (Å²) < 4.78 is 202. The molecule has 0 aliphatic carbocycles. The topological polar surface area (TPSA) is 62.8 Å². The predicted octanol–water partition coefficient (Wildman–Crippen LogP) is 14.1. The molecule has 0 saturated heterocycles. The molecule has 64 heavy (non-hydrogen) atoms. The fourth-order valence-corrected chi connectivity index (χ4v) is 8.44. The van der Waals surface area contributed by atoms with Crippen molar-refractivity contribution >= 4 is 34.2 Å². The van der Waals surface area contributed by atoms with E-state index in [2.05, 4.69) is 0 Å². The summed E-state index contributed by atoms with van der Waals surface area (Å²) in [5.41, 5.74) is -12.7. The Morgan fingerprint density at radius 3 is 1.48 bits per heavy atom. The van der Waals surface area contributed by atoms with E-state index in [4.69, 9.17) is 32.4 Å². The van der Waals surface area contributed by atoms with Gasteiger partial charge in [-0.2, -0.15) is 52.7 Å². The van der Waals surface area contributed by atoms with Crippen molar-refractivity contribution in [3.8, 4) is 5.75 Å². The summed E-state index contributed by atoms with van der Waals surface area (Å²) in [4.78, 5) is 0. The Morgan fingerprint density at radius 1 is 0.594 bits per heavy atom. The molecule has 2 atom stereocenters. The minimum atomic E-state index is -5.28. The minimum absolute atomic E-state index is 0.234. The van der Waals surface area contributed by atoms with Crippen LogP contribution >= 0.6 is 23.2 Å². The molecule has 20 heteroatoms. The van der Waals surface area contributed by atoms with Gasteiger partial charge in [0.2, 0.25) is 0 Å². The van der Waals surface area contributed by atoms with Gasteiger partial charge in [0.25, 0.3) is 0 Å². The van der Waals surface area contributed by atoms with Crippen LogP contribution in [-0.2, 0) is 42.4 Å². The molecule has 0 fully saturated rings. The summed E-state index contributed by atoms with van der Waals surface area (Å²) in [6.45, 7) is 6.12. The molecular weight excluding hydrogens is 929 g/mol. The van der Waals surface area contributed by atoms with Crippen LogP contribution in [0, 0.1) is 11.6 Å². The Bertz CT molecular complexity index is 2490. The van der Waals surface area contributed by atoms with Crippen molar-refractivity contribution < 1.29 is 80.8 Å². The predicted molar refractivity (Wildman–Crippen MR) is 209 cm³/mol. The fourth-order valence-electron chi connectivity index (χ4n) is 7.96. The van der Waals surface area contributed by atoms with Crippen LogP contribution in [-0.4, -0.2) is 40.4 Å². The largest absolute Gasteiger partial charge is 0.493 e. The van der Waals surface area contributed by atoms with E-state index in [-0.39, 0.29) is 18.2 Å². The lowest BCUT2D eigenvalue weighted by atomic mass is 9.72. The first-order chi connectivity index (χ1) is 29.1. The molecule has 0 radical (unpaired) electrons. The third-order valence-corrected chi connectivity index (χ3v) is 11.6. The van der Waals surface area contributed by atoms with Crippen LogP contribution in [0.5, 0.6) is 5.75 Å². The van der Waals surface area contributed by atoms with Gasteiger partial charge in [-0.3, -0.25) is 0 Å². The number of hydrogen-bond donors (Lipinski definition) is 2. The molecule has 0 bridgehead atoms. The SMILES string of the molecule is CC(C)(CC(O)(Cc1cc(C(F)(F)F)cc(Cl)c1F)C(F)(F)F)c1cccc2c1OCC2.CC(C)(CC(O)(Cc1cc(C(F)(F)F)cc(Cl)c1F)C(F)(F)F)c1cccc2ccoc12. The van der Waals surface area contributed by atoms with Gasteiger partial charge in [-0.1, -0.05) is 87.3 Å². The second-order valence-corrected chi connectivity index (χ2v) is 17.7. The maximum absolute atomic E-state index is 14.4. The van der Waals surface area contributed by atoms with Gasteiger partial charge in [0.15, 0.2) is 11.2 Å². The minimum Gasteiger partial charge on any atom is -0.493 e. The number of halogens is 16. The van der Waals surface area contributed by atoms with E-state index >= 15 is 0 Å². The molecule has 2 unspecified atom stereocenters. The van der Waals surface area contributed by atoms with Crippen LogP contribution in [0.1, 0.15) is 79.5 Å². The van der Waals surface area contributed by atoms with E-state index in [9.17, 15) is 71.7 Å². The van der Waals surface area contributed by atoms with Crippen molar-refractivity contribution in [2.45, 2.75) is 107 Å². The van der Waals surface area contributed by atoms with Crippen LogP contribution in [0.25, 0.3) is 11.0 Å². The lowest BCUT2D eigenvalue weighted by molar-refractivity contribution is -0.266. The van der Waals surface area contributed by atoms with E-state index in [1.807, 2.05) is 0 Å². The van der Waals surface area contributed by atoms with Crippen molar-refractivity contribution in [2.24, 2.45) is 0 Å². The standard InChI is InChI=1S/C22H20ClF7O2.C22H18ClF7O2/c2*1-19(2,15-5-3-4-12-6-7-32-18(12)15)11-20(31,22(28,29)30)10-13-8-14(21(25,26)27)9-16(23)17(13)24/h3-5,8-9,31H,6-7,10-11H2,1-2H3;3-9,31H,10-11H2,1-2H3. The number of hydrogen-bond acceptors (Lipinski definition) is 4. The molecule has 2 N–H and O–H groups in total. The number of para-hydroxylation sites is 2. The van der Waals surface area contributed by atoms with E-state index in [0.29, 0.717) is 46.9 Å². The van der Waals surface area contributed by atoms with Crippen LogP contribution in [0.4, 0.5) is 61.5 Å². The monoisotopic (exact) mass is 966 g/mol. The van der Waals surface area contributed by atoms with Crippen LogP contribution in [0.3, 0.4) is 0 Å². The molecule has 1 aromatic heterocycles. The van der Waals surface area contributed by atoms with Gasteiger partial charge in [-0.25, -0.2) is 8.78 Å². The smallest absolute Gasteiger partial charge is 0.417 e. The van der Waals surface area contributed by atoms with E-state index in [0.717, 1.165) is 5.56 Å². The van der Waals surface area contributed by atoms with E-state index in [1.165, 1.54) is 40.0 Å². The quantitative estimate of drug-likeness (QED) is 0.137. The molecule has 6 rings (SSSR count). The first kappa shape index (κ1) is 50.7. The highest BCUT2D eigenvalue weighted by atomic mass is 35.5. The average Bonchev–Trinajstić information content (AvgIpc) is 3.83. The lowest BCUT2D eigenvalue weighted by Crippen LogP contribution is -2.51. The Kier molecular flexibility index (Phi) is 13.9. The summed E-state index contributed by atoms with van der Waals surface area (Å²) in [5, 5.41) is 20.0. The Hall–Kier alpha value is -4.26. The van der Waals surface area contributed by atoms with Gasteiger partial charge in [-0.05, 0) is 70.7 Å². The van der Waals surface area contributed by atoms with Gasteiger partial charge in [0, 0.05) is 35.8 Å². The zero-order valence-corrected chi connectivity index (χ0v) is 35.4. The van der Waals surface area contributed by atoms with Crippen molar-refractivity contribution in [1.29, 1.82) is 0 Å². The zero-order chi connectivity index (χ0) is 48.2.